The van der Waals surface area contributed by atoms with E-state index in [1.54, 1.807) is 0 Å². The molecule has 21 heavy (non-hydrogen) atoms. The molecule has 2 rings (SSSR count). The summed E-state index contributed by atoms with van der Waals surface area (Å²) in [5.41, 5.74) is 0.00208. The molecule has 0 amide bonds. The zero-order valence-corrected chi connectivity index (χ0v) is 11.8. The van der Waals surface area contributed by atoms with Gasteiger partial charge in [0.25, 0.3) is 5.56 Å². The summed E-state index contributed by atoms with van der Waals surface area (Å²) in [6.45, 7) is 3.72. The maximum Gasteiger partial charge on any atom is 0.272 e. The summed E-state index contributed by atoms with van der Waals surface area (Å²) >= 11 is 0. The molecular formula is C15H16F2N2O2. The molecule has 1 aromatic carbocycles. The van der Waals surface area contributed by atoms with E-state index in [4.69, 9.17) is 0 Å². The third-order valence-corrected chi connectivity index (χ3v) is 2.96. The third kappa shape index (κ3) is 3.33. The minimum absolute atomic E-state index is 0.0867. The van der Waals surface area contributed by atoms with Crippen LogP contribution in [0.2, 0.25) is 0 Å². The molecule has 0 saturated heterocycles. The SMILES string of the molecule is CC(C)Cn1nc(-c2ccc(F)cc2F)cc(CO)c1=O. The van der Waals surface area contributed by atoms with Crippen molar-refractivity contribution in [2.45, 2.75) is 27.0 Å². The number of hydrogen-bond acceptors (Lipinski definition) is 3. The molecule has 0 aliphatic heterocycles. The summed E-state index contributed by atoms with van der Waals surface area (Å²) in [5.74, 6) is -1.29. The van der Waals surface area contributed by atoms with E-state index in [9.17, 15) is 18.7 Å². The van der Waals surface area contributed by atoms with Crippen molar-refractivity contribution >= 4 is 0 Å². The van der Waals surface area contributed by atoms with Crippen LogP contribution in [0.1, 0.15) is 19.4 Å². The van der Waals surface area contributed by atoms with Crippen LogP contribution in [0.3, 0.4) is 0 Å². The number of rotatable bonds is 4. The first-order valence-corrected chi connectivity index (χ1v) is 6.59. The smallest absolute Gasteiger partial charge is 0.272 e. The molecule has 0 atom stereocenters. The number of aliphatic hydroxyl groups is 1. The third-order valence-electron chi connectivity index (χ3n) is 2.96. The minimum Gasteiger partial charge on any atom is -0.391 e. The molecular weight excluding hydrogens is 278 g/mol. The van der Waals surface area contributed by atoms with Gasteiger partial charge in [-0.3, -0.25) is 4.79 Å². The van der Waals surface area contributed by atoms with Gasteiger partial charge in [0.15, 0.2) is 0 Å². The first kappa shape index (κ1) is 15.3. The Hall–Kier alpha value is -2.08. The van der Waals surface area contributed by atoms with Gasteiger partial charge in [-0.2, -0.15) is 5.10 Å². The highest BCUT2D eigenvalue weighted by atomic mass is 19.1. The van der Waals surface area contributed by atoms with Crippen LogP contribution < -0.4 is 5.56 Å². The Balaban J connectivity index is 2.60. The van der Waals surface area contributed by atoms with Crippen LogP contribution in [-0.2, 0) is 13.2 Å². The maximum absolute atomic E-state index is 13.8. The molecule has 1 N–H and O–H groups in total. The highest BCUT2D eigenvalue weighted by molar-refractivity contribution is 5.59. The molecule has 0 radical (unpaired) electrons. The van der Waals surface area contributed by atoms with Gasteiger partial charge in [-0.25, -0.2) is 13.5 Å². The van der Waals surface area contributed by atoms with E-state index in [2.05, 4.69) is 5.10 Å². The molecule has 1 aromatic heterocycles. The van der Waals surface area contributed by atoms with Gasteiger partial charge in [-0.05, 0) is 24.1 Å². The Labute approximate surface area is 120 Å². The van der Waals surface area contributed by atoms with Crippen LogP contribution in [0.15, 0.2) is 29.1 Å². The van der Waals surface area contributed by atoms with E-state index in [-0.39, 0.29) is 22.7 Å². The van der Waals surface area contributed by atoms with E-state index in [0.717, 1.165) is 12.1 Å². The summed E-state index contributed by atoms with van der Waals surface area (Å²) in [6.07, 6.45) is 0. The normalized spacial score (nSPS) is 11.1. The summed E-state index contributed by atoms with van der Waals surface area (Å²) < 4.78 is 28.0. The van der Waals surface area contributed by atoms with Gasteiger partial charge in [-0.1, -0.05) is 13.8 Å². The van der Waals surface area contributed by atoms with Crippen LogP contribution in [0.5, 0.6) is 0 Å². The number of hydrogen-bond donors (Lipinski definition) is 1. The van der Waals surface area contributed by atoms with Crippen LogP contribution >= 0.6 is 0 Å². The van der Waals surface area contributed by atoms with Crippen LogP contribution in [0.25, 0.3) is 11.3 Å². The average molecular weight is 294 g/mol. The van der Waals surface area contributed by atoms with Crippen molar-refractivity contribution in [2.75, 3.05) is 0 Å². The van der Waals surface area contributed by atoms with Gasteiger partial charge in [-0.15, -0.1) is 0 Å². The Morgan fingerprint density at radius 2 is 2.00 bits per heavy atom. The monoisotopic (exact) mass is 294 g/mol. The number of nitrogens with zero attached hydrogens (tertiary/aromatic N) is 2. The number of benzene rings is 1. The molecule has 4 nitrogen and oxygen atoms in total. The van der Waals surface area contributed by atoms with Crippen molar-refractivity contribution in [3.05, 3.63) is 51.8 Å². The zero-order chi connectivity index (χ0) is 15.6. The van der Waals surface area contributed by atoms with Crippen molar-refractivity contribution in [2.24, 2.45) is 5.92 Å². The maximum atomic E-state index is 13.8. The topological polar surface area (TPSA) is 55.1 Å². The van der Waals surface area contributed by atoms with E-state index in [1.807, 2.05) is 13.8 Å². The first-order valence-electron chi connectivity index (χ1n) is 6.59. The van der Waals surface area contributed by atoms with Crippen molar-refractivity contribution in [1.29, 1.82) is 0 Å². The Kier molecular flexibility index (Phi) is 4.47. The summed E-state index contributed by atoms with van der Waals surface area (Å²) in [4.78, 5) is 12.0. The minimum atomic E-state index is -0.763. The second-order valence-corrected chi connectivity index (χ2v) is 5.22. The molecule has 6 heteroatoms. The average Bonchev–Trinajstić information content (AvgIpc) is 2.41. The van der Waals surface area contributed by atoms with Gasteiger partial charge in [0.2, 0.25) is 0 Å². The van der Waals surface area contributed by atoms with Crippen molar-refractivity contribution in [3.8, 4) is 11.3 Å². The lowest BCUT2D eigenvalue weighted by Gasteiger charge is -2.12. The number of aliphatic hydroxyl groups excluding tert-OH is 1. The Morgan fingerprint density at radius 1 is 1.29 bits per heavy atom. The van der Waals surface area contributed by atoms with Crippen LogP contribution in [-0.4, -0.2) is 14.9 Å². The lowest BCUT2D eigenvalue weighted by Crippen LogP contribution is -2.28. The molecule has 112 valence electrons. The van der Waals surface area contributed by atoms with Gasteiger partial charge >= 0.3 is 0 Å². The highest BCUT2D eigenvalue weighted by Crippen LogP contribution is 2.21. The van der Waals surface area contributed by atoms with E-state index in [0.29, 0.717) is 6.54 Å². The van der Waals surface area contributed by atoms with Crippen molar-refractivity contribution in [1.82, 2.24) is 9.78 Å². The first-order chi connectivity index (χ1) is 9.92. The second kappa shape index (κ2) is 6.13. The quantitative estimate of drug-likeness (QED) is 0.941. The highest BCUT2D eigenvalue weighted by Gasteiger charge is 2.13. The molecule has 0 bridgehead atoms. The van der Waals surface area contributed by atoms with Crippen molar-refractivity contribution in [3.63, 3.8) is 0 Å². The van der Waals surface area contributed by atoms with Gasteiger partial charge < -0.3 is 5.11 Å². The summed E-state index contributed by atoms with van der Waals surface area (Å²) in [6, 6.07) is 4.47. The van der Waals surface area contributed by atoms with Crippen LogP contribution in [0.4, 0.5) is 8.78 Å². The summed E-state index contributed by atoms with van der Waals surface area (Å²) in [5, 5.41) is 13.4. The Morgan fingerprint density at radius 3 is 2.57 bits per heavy atom. The fourth-order valence-electron chi connectivity index (χ4n) is 2.01. The van der Waals surface area contributed by atoms with E-state index >= 15 is 0 Å². The molecule has 0 aliphatic carbocycles. The predicted molar refractivity (Wildman–Crippen MR) is 74.6 cm³/mol. The van der Waals surface area contributed by atoms with Gasteiger partial charge in [0, 0.05) is 23.7 Å². The number of halogens is 2. The molecule has 0 spiro atoms. The zero-order valence-electron chi connectivity index (χ0n) is 11.8. The van der Waals surface area contributed by atoms with Crippen LogP contribution in [0, 0.1) is 17.6 Å². The Bertz CT molecular complexity index is 711. The van der Waals surface area contributed by atoms with E-state index < -0.39 is 23.8 Å². The second-order valence-electron chi connectivity index (χ2n) is 5.22. The molecule has 1 heterocycles. The van der Waals surface area contributed by atoms with Crippen molar-refractivity contribution < 1.29 is 13.9 Å². The lowest BCUT2D eigenvalue weighted by molar-refractivity contribution is 0.277. The molecule has 0 saturated carbocycles. The largest absolute Gasteiger partial charge is 0.391 e. The predicted octanol–water partition coefficient (Wildman–Crippen LogP) is 2.34. The van der Waals surface area contributed by atoms with E-state index in [1.165, 1.54) is 16.8 Å². The fourth-order valence-corrected chi connectivity index (χ4v) is 2.01. The standard InChI is InChI=1S/C15H16F2N2O2/c1-9(2)7-19-15(21)10(8-20)5-14(18-19)12-4-3-11(16)6-13(12)17/h3-6,9,20H,7-8H2,1-2H3. The lowest BCUT2D eigenvalue weighted by atomic mass is 10.1. The molecule has 2 aromatic rings. The summed E-state index contributed by atoms with van der Waals surface area (Å²) in [7, 11) is 0. The molecule has 0 aliphatic rings. The van der Waals surface area contributed by atoms with Gasteiger partial charge in [0.05, 0.1) is 12.3 Å². The fraction of sp³-hybridized carbons (Fsp3) is 0.333. The van der Waals surface area contributed by atoms with Gasteiger partial charge in [0.1, 0.15) is 11.6 Å². The molecule has 0 unspecified atom stereocenters. The number of aromatic nitrogens is 2. The molecule has 0 fully saturated rings.